The number of nitro benzene ring substituents is 3. The van der Waals surface area contributed by atoms with Gasteiger partial charge in [0.15, 0.2) is 0 Å². The number of aromatic hydroxyl groups is 1. The number of benzene rings is 1. The Morgan fingerprint density at radius 1 is 1.07 bits per heavy atom. The van der Waals surface area contributed by atoms with Gasteiger partial charge in [-0.1, -0.05) is 12.8 Å². The summed E-state index contributed by atoms with van der Waals surface area (Å²) in [5.41, 5.74) is -3.00. The van der Waals surface area contributed by atoms with Crippen molar-refractivity contribution in [1.82, 2.24) is 5.32 Å². The summed E-state index contributed by atoms with van der Waals surface area (Å²) in [6, 6.07) is 2.12. The zero-order valence-electron chi connectivity index (χ0n) is 14.7. The average Bonchev–Trinajstić information content (AvgIpc) is 3.07. The Labute approximate surface area is 154 Å². The van der Waals surface area contributed by atoms with E-state index in [-0.39, 0.29) is 0 Å². The van der Waals surface area contributed by atoms with Gasteiger partial charge in [-0.2, -0.15) is 0 Å². The van der Waals surface area contributed by atoms with Gasteiger partial charge in [-0.15, -0.1) is 0 Å². The zero-order valence-corrected chi connectivity index (χ0v) is 14.7. The summed E-state index contributed by atoms with van der Waals surface area (Å²) in [4.78, 5) is 27.8. The van der Waals surface area contributed by atoms with Gasteiger partial charge >= 0.3 is 11.4 Å². The summed E-state index contributed by atoms with van der Waals surface area (Å²) in [7, 11) is 0. The number of nitrogens with zero attached hydrogens (tertiary/aromatic N) is 3. The van der Waals surface area contributed by atoms with Crippen molar-refractivity contribution in [3.63, 3.8) is 0 Å². The van der Waals surface area contributed by atoms with E-state index >= 15 is 0 Å². The van der Waals surface area contributed by atoms with E-state index in [1.54, 1.807) is 0 Å². The molecule has 12 nitrogen and oxygen atoms in total. The number of rotatable bonds is 7. The quantitative estimate of drug-likeness (QED) is 0.468. The fourth-order valence-corrected chi connectivity index (χ4v) is 2.75. The topological polar surface area (TPSA) is 182 Å². The van der Waals surface area contributed by atoms with Crippen LogP contribution in [0.15, 0.2) is 12.1 Å². The highest BCUT2D eigenvalue weighted by molar-refractivity contribution is 5.64. The van der Waals surface area contributed by atoms with Gasteiger partial charge in [0, 0.05) is 18.7 Å². The fraction of sp³-hybridized carbons (Fsp3) is 0.600. The minimum atomic E-state index is -1.21. The number of aliphatic hydroxyl groups is 1. The van der Waals surface area contributed by atoms with Crippen LogP contribution in [0, 0.1) is 30.3 Å². The van der Waals surface area contributed by atoms with Crippen LogP contribution in [0.25, 0.3) is 0 Å². The van der Waals surface area contributed by atoms with E-state index in [4.69, 9.17) is 10.2 Å². The third-order valence-electron chi connectivity index (χ3n) is 4.10. The Kier molecular flexibility index (Phi) is 8.48. The second kappa shape index (κ2) is 10.3. The van der Waals surface area contributed by atoms with E-state index in [0.717, 1.165) is 12.5 Å². The third-order valence-corrected chi connectivity index (χ3v) is 4.10. The van der Waals surface area contributed by atoms with Gasteiger partial charge < -0.3 is 15.5 Å². The van der Waals surface area contributed by atoms with Gasteiger partial charge in [-0.05, 0) is 26.2 Å². The molecule has 0 heterocycles. The lowest BCUT2D eigenvalue weighted by Gasteiger charge is -2.17. The number of phenols is 1. The highest BCUT2D eigenvalue weighted by atomic mass is 16.6. The van der Waals surface area contributed by atoms with Crippen molar-refractivity contribution in [3.05, 3.63) is 42.5 Å². The van der Waals surface area contributed by atoms with Crippen LogP contribution in [-0.4, -0.2) is 43.7 Å². The standard InChI is InChI=1S/C9H19NO.C6H3N3O7/c1-8(6-7-11)10-9-4-2-3-5-9;10-6-4(8(13)14)1-3(7(11)12)2-5(6)9(15)16/h8-11H,2-7H2,1H3;1-2,10H. The summed E-state index contributed by atoms with van der Waals surface area (Å²) in [5, 5.41) is 52.4. The number of hydrogen-bond acceptors (Lipinski definition) is 9. The van der Waals surface area contributed by atoms with Crippen molar-refractivity contribution in [2.45, 2.75) is 51.1 Å². The van der Waals surface area contributed by atoms with Crippen LogP contribution in [0.5, 0.6) is 5.75 Å². The van der Waals surface area contributed by atoms with Gasteiger partial charge in [0.1, 0.15) is 0 Å². The summed E-state index contributed by atoms with van der Waals surface area (Å²) >= 11 is 0. The molecule has 0 aromatic heterocycles. The van der Waals surface area contributed by atoms with Gasteiger partial charge in [-0.3, -0.25) is 30.3 Å². The fourth-order valence-electron chi connectivity index (χ4n) is 2.75. The molecule has 27 heavy (non-hydrogen) atoms. The largest absolute Gasteiger partial charge is 0.497 e. The number of nitro groups is 3. The van der Waals surface area contributed by atoms with Gasteiger partial charge in [0.2, 0.25) is 0 Å². The van der Waals surface area contributed by atoms with Gasteiger partial charge in [0.05, 0.1) is 26.9 Å². The Morgan fingerprint density at radius 3 is 1.93 bits per heavy atom. The summed E-state index contributed by atoms with van der Waals surface area (Å²) < 4.78 is 0. The van der Waals surface area contributed by atoms with E-state index in [1.807, 2.05) is 0 Å². The van der Waals surface area contributed by atoms with Crippen LogP contribution in [-0.2, 0) is 0 Å². The molecule has 1 aromatic carbocycles. The van der Waals surface area contributed by atoms with Crippen LogP contribution in [0.4, 0.5) is 17.1 Å². The first-order valence-electron chi connectivity index (χ1n) is 8.34. The van der Waals surface area contributed by atoms with Crippen LogP contribution in [0.3, 0.4) is 0 Å². The molecule has 2 rings (SSSR count). The lowest BCUT2D eigenvalue weighted by Crippen LogP contribution is -2.35. The van der Waals surface area contributed by atoms with Gasteiger partial charge in [-0.25, -0.2) is 0 Å². The van der Waals surface area contributed by atoms with Crippen molar-refractivity contribution < 1.29 is 25.0 Å². The number of non-ortho nitro benzene ring substituents is 1. The highest BCUT2D eigenvalue weighted by Gasteiger charge is 2.30. The zero-order chi connectivity index (χ0) is 20.6. The molecule has 0 saturated heterocycles. The molecule has 1 atom stereocenters. The number of phenolic OH excluding ortho intramolecular Hbond substituents is 1. The molecule has 0 aliphatic heterocycles. The smallest absolute Gasteiger partial charge is 0.324 e. The van der Waals surface area contributed by atoms with Crippen molar-refractivity contribution in [2.24, 2.45) is 0 Å². The molecule has 1 aliphatic rings. The maximum Gasteiger partial charge on any atom is 0.324 e. The average molecular weight is 386 g/mol. The molecule has 1 aliphatic carbocycles. The first kappa shape index (κ1) is 22.2. The minimum absolute atomic E-state index is 0.306. The van der Waals surface area contributed by atoms with E-state index in [2.05, 4.69) is 12.2 Å². The second-order valence-electron chi connectivity index (χ2n) is 6.17. The molecule has 0 amide bonds. The molecule has 1 aromatic rings. The number of hydrogen-bond donors (Lipinski definition) is 3. The maximum absolute atomic E-state index is 10.4. The number of nitrogens with one attached hydrogen (secondary N) is 1. The van der Waals surface area contributed by atoms with Crippen LogP contribution in [0.1, 0.15) is 39.0 Å². The Balaban J connectivity index is 0.000000289. The molecule has 12 heteroatoms. The first-order chi connectivity index (χ1) is 12.7. The van der Waals surface area contributed by atoms with Crippen molar-refractivity contribution in [1.29, 1.82) is 0 Å². The normalized spacial score (nSPS) is 14.9. The Hall–Kier alpha value is -2.86. The summed E-state index contributed by atoms with van der Waals surface area (Å²) in [5.74, 6) is -1.21. The Morgan fingerprint density at radius 2 is 1.56 bits per heavy atom. The summed E-state index contributed by atoms with van der Waals surface area (Å²) in [6.45, 7) is 2.45. The molecule has 0 radical (unpaired) electrons. The minimum Gasteiger partial charge on any atom is -0.497 e. The molecule has 1 saturated carbocycles. The van der Waals surface area contributed by atoms with E-state index in [9.17, 15) is 30.3 Å². The Bertz CT molecular complexity index is 655. The molecule has 1 unspecified atom stereocenters. The molecule has 0 spiro atoms. The summed E-state index contributed by atoms with van der Waals surface area (Å²) in [6.07, 6.45) is 6.30. The van der Waals surface area contributed by atoms with E-state index < -0.39 is 37.6 Å². The van der Waals surface area contributed by atoms with Crippen LogP contribution >= 0.6 is 0 Å². The van der Waals surface area contributed by atoms with Crippen molar-refractivity contribution >= 4 is 17.1 Å². The van der Waals surface area contributed by atoms with Crippen LogP contribution in [0.2, 0.25) is 0 Å². The molecular formula is C15H22N4O8. The lowest BCUT2D eigenvalue weighted by molar-refractivity contribution is -0.404. The highest BCUT2D eigenvalue weighted by Crippen LogP contribution is 2.38. The van der Waals surface area contributed by atoms with Crippen LogP contribution < -0.4 is 5.32 Å². The second-order valence-corrected chi connectivity index (χ2v) is 6.17. The first-order valence-corrected chi connectivity index (χ1v) is 8.34. The monoisotopic (exact) mass is 386 g/mol. The van der Waals surface area contributed by atoms with E-state index in [1.165, 1.54) is 25.7 Å². The molecule has 0 bridgehead atoms. The molecular weight excluding hydrogens is 364 g/mol. The predicted octanol–water partition coefficient (Wildman–Crippen LogP) is 2.41. The third kappa shape index (κ3) is 6.75. The maximum atomic E-state index is 10.4. The van der Waals surface area contributed by atoms with E-state index in [0.29, 0.717) is 24.8 Å². The van der Waals surface area contributed by atoms with Gasteiger partial charge in [0.25, 0.3) is 11.4 Å². The molecule has 3 N–H and O–H groups in total. The number of aliphatic hydroxyl groups excluding tert-OH is 1. The lowest BCUT2D eigenvalue weighted by atomic mass is 10.2. The molecule has 1 fully saturated rings. The van der Waals surface area contributed by atoms with Crippen molar-refractivity contribution in [3.8, 4) is 5.75 Å². The van der Waals surface area contributed by atoms with Crippen molar-refractivity contribution in [2.75, 3.05) is 6.61 Å². The molecule has 150 valence electrons. The SMILES string of the molecule is CC(CCO)NC1CCCC1.O=[N+]([O-])c1cc([N+](=O)[O-])c(O)c([N+](=O)[O-])c1. The predicted molar refractivity (Wildman–Crippen MR) is 94.6 cm³/mol.